The Bertz CT molecular complexity index is 229. The molecule has 0 bridgehead atoms. The normalized spacial score (nSPS) is 10.6. The molecule has 0 heterocycles. The van der Waals surface area contributed by atoms with Crippen LogP contribution in [0.2, 0.25) is 0 Å². The van der Waals surface area contributed by atoms with Gasteiger partial charge in [-0.1, -0.05) is 6.58 Å². The number of nitrogens with one attached hydrogen (secondary N) is 1. The lowest BCUT2D eigenvalue weighted by atomic mass is 10.2. The summed E-state index contributed by atoms with van der Waals surface area (Å²) in [5, 5.41) is 2.88. The van der Waals surface area contributed by atoms with Crippen LogP contribution in [0.1, 0.15) is 34.1 Å². The predicted octanol–water partition coefficient (Wildman–Crippen LogP) is -1.05. The second-order valence-electron chi connectivity index (χ2n) is 4.40. The molecular formula is C13H27IN2O. The number of nitrogens with zero attached hydrogens (tertiary/aromatic N) is 1. The summed E-state index contributed by atoms with van der Waals surface area (Å²) in [5.74, 6) is -0.0254. The minimum absolute atomic E-state index is 0. The van der Waals surface area contributed by atoms with Gasteiger partial charge in [0, 0.05) is 18.5 Å². The number of carbonyl (C=O) groups is 1. The van der Waals surface area contributed by atoms with Gasteiger partial charge in [-0.3, -0.25) is 4.79 Å². The number of amides is 1. The third-order valence-corrected chi connectivity index (χ3v) is 3.49. The molecule has 0 spiro atoms. The molecular weight excluding hydrogens is 327 g/mol. The Kier molecular flexibility index (Phi) is 11.2. The lowest BCUT2D eigenvalue weighted by Gasteiger charge is -2.35. The molecule has 1 N–H and O–H groups in total. The molecule has 0 fully saturated rings. The van der Waals surface area contributed by atoms with E-state index in [0.29, 0.717) is 5.57 Å². The van der Waals surface area contributed by atoms with E-state index in [1.807, 2.05) is 0 Å². The van der Waals surface area contributed by atoms with E-state index in [0.717, 1.165) is 24.0 Å². The van der Waals surface area contributed by atoms with Crippen molar-refractivity contribution in [2.75, 3.05) is 32.7 Å². The number of hydrogen-bond acceptors (Lipinski definition) is 1. The zero-order valence-corrected chi connectivity index (χ0v) is 13.8. The maximum absolute atomic E-state index is 11.3. The highest BCUT2D eigenvalue weighted by Gasteiger charge is 2.19. The first-order valence-corrected chi connectivity index (χ1v) is 6.30. The molecule has 0 aromatic heterocycles. The zero-order chi connectivity index (χ0) is 12.6. The van der Waals surface area contributed by atoms with Gasteiger partial charge in [0.25, 0.3) is 0 Å². The Morgan fingerprint density at radius 2 is 1.65 bits per heavy atom. The molecule has 3 nitrogen and oxygen atoms in total. The van der Waals surface area contributed by atoms with Gasteiger partial charge in [-0.2, -0.15) is 0 Å². The van der Waals surface area contributed by atoms with Gasteiger partial charge in [-0.15, -0.1) is 0 Å². The molecule has 17 heavy (non-hydrogen) atoms. The van der Waals surface area contributed by atoms with E-state index in [1.54, 1.807) is 6.92 Å². The van der Waals surface area contributed by atoms with Gasteiger partial charge in [0.1, 0.15) is 0 Å². The molecule has 0 saturated heterocycles. The molecule has 102 valence electrons. The van der Waals surface area contributed by atoms with Gasteiger partial charge < -0.3 is 33.8 Å². The van der Waals surface area contributed by atoms with Gasteiger partial charge in [0.05, 0.1) is 26.2 Å². The quantitative estimate of drug-likeness (QED) is 0.256. The van der Waals surface area contributed by atoms with Crippen molar-refractivity contribution in [3.8, 4) is 0 Å². The largest absolute Gasteiger partial charge is 1.00 e. The van der Waals surface area contributed by atoms with Crippen molar-refractivity contribution in [3.05, 3.63) is 12.2 Å². The highest BCUT2D eigenvalue weighted by molar-refractivity contribution is 5.91. The summed E-state index contributed by atoms with van der Waals surface area (Å²) < 4.78 is 1.14. The predicted molar refractivity (Wildman–Crippen MR) is 69.2 cm³/mol. The first-order chi connectivity index (χ1) is 7.51. The molecule has 0 aromatic rings. The monoisotopic (exact) mass is 354 g/mol. The molecule has 0 unspecified atom stereocenters. The summed E-state index contributed by atoms with van der Waals surface area (Å²) in [6.07, 6.45) is 1.04. The summed E-state index contributed by atoms with van der Waals surface area (Å²) in [6, 6.07) is 0. The number of hydrogen-bond donors (Lipinski definition) is 1. The summed E-state index contributed by atoms with van der Waals surface area (Å²) in [6.45, 7) is 17.5. The van der Waals surface area contributed by atoms with E-state index in [-0.39, 0.29) is 29.9 Å². The molecule has 0 rings (SSSR count). The molecule has 0 atom stereocenters. The summed E-state index contributed by atoms with van der Waals surface area (Å²) in [7, 11) is 0. The van der Waals surface area contributed by atoms with Crippen LogP contribution in [0.25, 0.3) is 0 Å². The Morgan fingerprint density at radius 1 is 1.18 bits per heavy atom. The summed E-state index contributed by atoms with van der Waals surface area (Å²) in [5.41, 5.74) is 0.585. The van der Waals surface area contributed by atoms with Crippen LogP contribution in [-0.4, -0.2) is 43.1 Å². The van der Waals surface area contributed by atoms with E-state index in [1.165, 1.54) is 19.6 Å². The van der Waals surface area contributed by atoms with E-state index >= 15 is 0 Å². The lowest BCUT2D eigenvalue weighted by molar-refractivity contribution is -0.923. The standard InChI is InChI=1S/C13H26N2O.HI/c1-6-15(7-2,8-3)11-9-10-14-13(16)12(4)5;/h4,6-11H2,1-3,5H3;1H. The molecule has 4 heteroatoms. The summed E-state index contributed by atoms with van der Waals surface area (Å²) in [4.78, 5) is 11.3. The van der Waals surface area contributed by atoms with Gasteiger partial charge in [-0.05, 0) is 27.7 Å². The van der Waals surface area contributed by atoms with Crippen LogP contribution >= 0.6 is 0 Å². The second-order valence-corrected chi connectivity index (χ2v) is 4.40. The van der Waals surface area contributed by atoms with Crippen LogP contribution in [0.15, 0.2) is 12.2 Å². The Hall–Kier alpha value is -0.100. The van der Waals surface area contributed by atoms with Crippen molar-refractivity contribution >= 4 is 5.91 Å². The van der Waals surface area contributed by atoms with Crippen LogP contribution < -0.4 is 29.3 Å². The van der Waals surface area contributed by atoms with Gasteiger partial charge in [0.15, 0.2) is 0 Å². The zero-order valence-electron chi connectivity index (χ0n) is 11.7. The first-order valence-electron chi connectivity index (χ1n) is 6.30. The molecule has 0 aliphatic heterocycles. The van der Waals surface area contributed by atoms with Crippen LogP contribution in [0.4, 0.5) is 0 Å². The Labute approximate surface area is 123 Å². The van der Waals surface area contributed by atoms with Crippen LogP contribution in [0.5, 0.6) is 0 Å². The molecule has 1 amide bonds. The number of halogens is 1. The van der Waals surface area contributed by atoms with Gasteiger partial charge in [0.2, 0.25) is 5.91 Å². The topological polar surface area (TPSA) is 29.1 Å². The first kappa shape index (κ1) is 19.2. The van der Waals surface area contributed by atoms with E-state index < -0.39 is 0 Å². The van der Waals surface area contributed by atoms with Crippen molar-refractivity contribution < 1.29 is 33.3 Å². The SMILES string of the molecule is C=C(C)C(=O)NCCC[N+](CC)(CC)CC.[I-]. The average molecular weight is 354 g/mol. The van der Waals surface area contributed by atoms with Crippen LogP contribution in [0.3, 0.4) is 0 Å². The molecule has 0 radical (unpaired) electrons. The minimum Gasteiger partial charge on any atom is -1.00 e. The van der Waals surface area contributed by atoms with Crippen molar-refractivity contribution in [2.45, 2.75) is 34.1 Å². The van der Waals surface area contributed by atoms with Crippen LogP contribution in [-0.2, 0) is 4.79 Å². The fourth-order valence-electron chi connectivity index (χ4n) is 1.91. The van der Waals surface area contributed by atoms with E-state index in [2.05, 4.69) is 32.7 Å². The molecule has 0 aliphatic carbocycles. The third kappa shape index (κ3) is 7.03. The molecule has 0 saturated carbocycles. The second kappa shape index (κ2) is 9.88. The number of carbonyl (C=O) groups excluding carboxylic acids is 1. The Morgan fingerprint density at radius 3 is 2.00 bits per heavy atom. The smallest absolute Gasteiger partial charge is 0.246 e. The maximum Gasteiger partial charge on any atom is 0.246 e. The minimum atomic E-state index is -0.0254. The van der Waals surface area contributed by atoms with Gasteiger partial charge in [-0.25, -0.2) is 0 Å². The lowest BCUT2D eigenvalue weighted by Crippen LogP contribution is -3.00. The highest BCUT2D eigenvalue weighted by Crippen LogP contribution is 2.06. The molecule has 0 aliphatic rings. The maximum atomic E-state index is 11.3. The summed E-state index contributed by atoms with van der Waals surface area (Å²) >= 11 is 0. The van der Waals surface area contributed by atoms with Crippen molar-refractivity contribution in [1.82, 2.24) is 5.32 Å². The number of quaternary nitrogens is 1. The van der Waals surface area contributed by atoms with Crippen LogP contribution in [0, 0.1) is 0 Å². The van der Waals surface area contributed by atoms with Gasteiger partial charge >= 0.3 is 0 Å². The Balaban J connectivity index is 0. The third-order valence-electron chi connectivity index (χ3n) is 3.49. The van der Waals surface area contributed by atoms with E-state index in [4.69, 9.17) is 0 Å². The van der Waals surface area contributed by atoms with E-state index in [9.17, 15) is 4.79 Å². The fourth-order valence-corrected chi connectivity index (χ4v) is 1.91. The molecule has 0 aromatic carbocycles. The fraction of sp³-hybridized carbons (Fsp3) is 0.769. The van der Waals surface area contributed by atoms with Crippen molar-refractivity contribution in [3.63, 3.8) is 0 Å². The van der Waals surface area contributed by atoms with Crippen molar-refractivity contribution in [1.29, 1.82) is 0 Å². The van der Waals surface area contributed by atoms with Crippen molar-refractivity contribution in [2.24, 2.45) is 0 Å². The number of rotatable bonds is 8. The average Bonchev–Trinajstić information content (AvgIpc) is 2.30. The highest BCUT2D eigenvalue weighted by atomic mass is 127.